The van der Waals surface area contributed by atoms with Gasteiger partial charge in [0.2, 0.25) is 0 Å². The number of benzene rings is 2. The maximum absolute atomic E-state index is 10.9. The van der Waals surface area contributed by atoms with Crippen LogP contribution in [-0.4, -0.2) is 14.7 Å². The first-order chi connectivity index (χ1) is 13.0. The van der Waals surface area contributed by atoms with E-state index in [0.717, 1.165) is 24.0 Å². The molecule has 0 aliphatic rings. The van der Waals surface area contributed by atoms with Crippen molar-refractivity contribution in [3.8, 4) is 11.5 Å². The van der Waals surface area contributed by atoms with Gasteiger partial charge in [-0.05, 0) is 60.1 Å². The van der Waals surface area contributed by atoms with Crippen molar-refractivity contribution in [1.82, 2.24) is 0 Å². The van der Waals surface area contributed by atoms with E-state index >= 15 is 0 Å². The standard InChI is InChI=1S/C18H24O8P2.Na/c1-3-17(13-5-9-15(10-6-13)25-27(19,20)21)18(4-2)14-7-11-16(12-8-14)26-28(22,23)24;/h5-12,17-18H,3-4H2,1-2H3,(H2,19,20,21)(H2,22,23,24);/q;+1/p-1/t17-,18+;. The predicted octanol–water partition coefficient (Wildman–Crippen LogP) is 0.689. The molecule has 1 unspecified atom stereocenters. The quantitative estimate of drug-likeness (QED) is 0.374. The summed E-state index contributed by atoms with van der Waals surface area (Å²) in [7, 11) is -9.44. The maximum atomic E-state index is 10.9. The number of phosphoric acid groups is 2. The van der Waals surface area contributed by atoms with Crippen molar-refractivity contribution in [3.63, 3.8) is 0 Å². The van der Waals surface area contributed by atoms with Crippen LogP contribution in [0.25, 0.3) is 0 Å². The Morgan fingerprint density at radius 3 is 1.41 bits per heavy atom. The van der Waals surface area contributed by atoms with E-state index in [1.54, 1.807) is 24.3 Å². The topological polar surface area (TPSA) is 136 Å². The van der Waals surface area contributed by atoms with Crippen molar-refractivity contribution >= 4 is 15.6 Å². The normalized spacial score (nSPS) is 15.5. The van der Waals surface area contributed by atoms with Gasteiger partial charge in [0.25, 0.3) is 0 Å². The summed E-state index contributed by atoms with van der Waals surface area (Å²) < 4.78 is 30.8. The number of hydrogen-bond acceptors (Lipinski definition) is 5. The Balaban J connectivity index is 0.00000420. The van der Waals surface area contributed by atoms with Gasteiger partial charge < -0.3 is 18.8 Å². The van der Waals surface area contributed by atoms with Crippen molar-refractivity contribution in [2.45, 2.75) is 38.5 Å². The van der Waals surface area contributed by atoms with Gasteiger partial charge >= 0.3 is 45.2 Å². The molecule has 0 bridgehead atoms. The molecule has 2 aromatic rings. The largest absolute Gasteiger partial charge is 1.00 e. The molecule has 0 saturated carbocycles. The van der Waals surface area contributed by atoms with E-state index in [0.29, 0.717) is 0 Å². The van der Waals surface area contributed by atoms with Gasteiger partial charge in [0.05, 0.1) is 0 Å². The molecule has 0 radical (unpaired) electrons. The summed E-state index contributed by atoms with van der Waals surface area (Å²) in [5, 5.41) is 0. The summed E-state index contributed by atoms with van der Waals surface area (Å²) in [6.45, 7) is 4.09. The van der Waals surface area contributed by atoms with E-state index in [4.69, 9.17) is 14.7 Å². The Labute approximate surface area is 192 Å². The minimum Gasteiger partial charge on any atom is -0.746 e. The second kappa shape index (κ2) is 11.1. The van der Waals surface area contributed by atoms with Crippen LogP contribution in [0, 0.1) is 0 Å². The van der Waals surface area contributed by atoms with Gasteiger partial charge in [-0.2, -0.15) is 0 Å². The van der Waals surface area contributed by atoms with Crippen molar-refractivity contribution in [2.75, 3.05) is 0 Å². The summed E-state index contributed by atoms with van der Waals surface area (Å²) in [6.07, 6.45) is 1.64. The molecule has 0 aliphatic heterocycles. The van der Waals surface area contributed by atoms with E-state index in [1.165, 1.54) is 24.3 Å². The molecule has 0 heterocycles. The van der Waals surface area contributed by atoms with E-state index < -0.39 is 15.6 Å². The molecular formula is C18H23NaO8P2. The SMILES string of the molecule is CC[C@H](c1ccc(OP(=O)(O)O)cc1)[C@@H](CC)c1ccc(OP(=O)([O-])O)cc1.[Na+]. The summed E-state index contributed by atoms with van der Waals surface area (Å²) >= 11 is 0. The van der Waals surface area contributed by atoms with Crippen molar-refractivity contribution in [1.29, 1.82) is 0 Å². The van der Waals surface area contributed by atoms with Crippen LogP contribution in [0.2, 0.25) is 0 Å². The molecule has 0 aliphatic carbocycles. The van der Waals surface area contributed by atoms with E-state index in [-0.39, 0.29) is 52.9 Å². The number of rotatable bonds is 9. The number of hydrogen-bond donors (Lipinski definition) is 3. The van der Waals surface area contributed by atoms with E-state index in [9.17, 15) is 14.0 Å². The van der Waals surface area contributed by atoms with Gasteiger partial charge in [0, 0.05) is 0 Å². The first-order valence-electron chi connectivity index (χ1n) is 8.71. The summed E-state index contributed by atoms with van der Waals surface area (Å²) in [6, 6.07) is 13.1. The van der Waals surface area contributed by atoms with Crippen molar-refractivity contribution in [2.24, 2.45) is 0 Å². The fourth-order valence-electron chi connectivity index (χ4n) is 3.33. The minimum atomic E-state index is -4.84. The van der Waals surface area contributed by atoms with Crippen LogP contribution in [0.4, 0.5) is 0 Å². The van der Waals surface area contributed by atoms with Crippen molar-refractivity contribution < 1.29 is 67.3 Å². The second-order valence-electron chi connectivity index (χ2n) is 6.31. The molecule has 0 saturated heterocycles. The minimum absolute atomic E-state index is 0. The summed E-state index contributed by atoms with van der Waals surface area (Å²) in [5.74, 6) is 0.379. The van der Waals surface area contributed by atoms with E-state index in [1.807, 2.05) is 13.8 Å². The Morgan fingerprint density at radius 1 is 0.793 bits per heavy atom. The van der Waals surface area contributed by atoms with E-state index in [2.05, 4.69) is 9.05 Å². The second-order valence-corrected chi connectivity index (χ2v) is 8.59. The Morgan fingerprint density at radius 2 is 1.14 bits per heavy atom. The molecule has 3 atom stereocenters. The zero-order chi connectivity index (χ0) is 20.9. The Bertz CT molecular complexity index is 787. The van der Waals surface area contributed by atoms with Gasteiger partial charge in [-0.3, -0.25) is 14.4 Å². The molecule has 8 nitrogen and oxygen atoms in total. The molecule has 0 amide bonds. The molecule has 154 valence electrons. The van der Waals surface area contributed by atoms with Crippen LogP contribution in [0.15, 0.2) is 48.5 Å². The maximum Gasteiger partial charge on any atom is 1.00 e. The first-order valence-corrected chi connectivity index (χ1v) is 11.7. The summed E-state index contributed by atoms with van der Waals surface area (Å²) in [4.78, 5) is 37.4. The van der Waals surface area contributed by atoms with Crippen LogP contribution >= 0.6 is 15.6 Å². The van der Waals surface area contributed by atoms with Crippen LogP contribution in [-0.2, 0) is 9.13 Å². The molecule has 0 aromatic heterocycles. The van der Waals surface area contributed by atoms with Gasteiger partial charge in [-0.15, -0.1) is 0 Å². The van der Waals surface area contributed by atoms with Gasteiger partial charge in [-0.1, -0.05) is 38.1 Å². The predicted molar refractivity (Wildman–Crippen MR) is 102 cm³/mol. The molecule has 2 rings (SSSR count). The molecule has 11 heteroatoms. The number of phosphoric ester groups is 2. The fraction of sp³-hybridized carbons (Fsp3) is 0.333. The average Bonchev–Trinajstić information content (AvgIpc) is 2.59. The third kappa shape index (κ3) is 8.54. The van der Waals surface area contributed by atoms with Crippen LogP contribution in [0.3, 0.4) is 0 Å². The zero-order valence-electron chi connectivity index (χ0n) is 16.5. The molecule has 0 fully saturated rings. The third-order valence-electron chi connectivity index (χ3n) is 4.43. The third-order valence-corrected chi connectivity index (χ3v) is 5.32. The summed E-state index contributed by atoms with van der Waals surface area (Å²) in [5.41, 5.74) is 1.98. The van der Waals surface area contributed by atoms with Gasteiger partial charge in [0.15, 0.2) is 0 Å². The molecule has 0 spiro atoms. The average molecular weight is 452 g/mol. The van der Waals surface area contributed by atoms with Crippen molar-refractivity contribution in [3.05, 3.63) is 59.7 Å². The van der Waals surface area contributed by atoms with Crippen LogP contribution < -0.4 is 43.5 Å². The fourth-order valence-corrected chi connectivity index (χ4v) is 4.11. The Hall–Kier alpha value is -0.660. The Kier molecular flexibility index (Phi) is 10.1. The molecule has 2 aromatic carbocycles. The van der Waals surface area contributed by atoms with Crippen LogP contribution in [0.5, 0.6) is 11.5 Å². The molecule has 3 N–H and O–H groups in total. The zero-order valence-corrected chi connectivity index (χ0v) is 20.3. The monoisotopic (exact) mass is 452 g/mol. The van der Waals surface area contributed by atoms with Crippen LogP contribution in [0.1, 0.15) is 49.7 Å². The molecular weight excluding hydrogens is 429 g/mol. The van der Waals surface area contributed by atoms with Gasteiger partial charge in [-0.25, -0.2) is 4.57 Å². The first kappa shape index (κ1) is 26.4. The smallest absolute Gasteiger partial charge is 0.746 e. The van der Waals surface area contributed by atoms with Gasteiger partial charge in [0.1, 0.15) is 11.5 Å². The molecule has 29 heavy (non-hydrogen) atoms.